The lowest BCUT2D eigenvalue weighted by Gasteiger charge is -1.94. The maximum Gasteiger partial charge on any atom is 0.286 e. The summed E-state index contributed by atoms with van der Waals surface area (Å²) >= 11 is 1.19. The molecule has 0 aromatic carbocycles. The molecule has 0 radical (unpaired) electrons. The van der Waals surface area contributed by atoms with Gasteiger partial charge in [0.15, 0.2) is 5.12 Å². The van der Waals surface area contributed by atoms with Crippen molar-refractivity contribution < 1.29 is 9.72 Å². The van der Waals surface area contributed by atoms with Gasteiger partial charge in [0, 0.05) is 24.3 Å². The molecule has 1 aromatic rings. The Morgan fingerprint density at radius 2 is 2.33 bits per heavy atom. The van der Waals surface area contributed by atoms with Gasteiger partial charge >= 0.3 is 0 Å². The number of hydrogen-bond acceptors (Lipinski definition) is 5. The number of pyridine rings is 1. The first kappa shape index (κ1) is 14.2. The van der Waals surface area contributed by atoms with Gasteiger partial charge < -0.3 is 4.98 Å². The molecule has 1 N–H and O–H groups in total. The van der Waals surface area contributed by atoms with E-state index >= 15 is 0 Å². The van der Waals surface area contributed by atoms with Crippen molar-refractivity contribution >= 4 is 28.6 Å². The molecule has 1 aromatic heterocycles. The third kappa shape index (κ3) is 4.54. The van der Waals surface area contributed by atoms with Crippen molar-refractivity contribution in [2.24, 2.45) is 0 Å². The fourth-order valence-electron chi connectivity index (χ4n) is 1.20. The molecular formula is C11H12N2O4S. The van der Waals surface area contributed by atoms with Gasteiger partial charge in [-0.3, -0.25) is 19.7 Å². The van der Waals surface area contributed by atoms with Gasteiger partial charge in [-0.15, -0.1) is 0 Å². The Morgan fingerprint density at radius 3 is 2.94 bits per heavy atom. The first-order chi connectivity index (χ1) is 8.50. The Morgan fingerprint density at radius 1 is 1.61 bits per heavy atom. The van der Waals surface area contributed by atoms with Gasteiger partial charge in [0.2, 0.25) is 0 Å². The van der Waals surface area contributed by atoms with E-state index in [-0.39, 0.29) is 21.9 Å². The fraction of sp³-hybridized carbons (Fsp3) is 0.273. The molecule has 0 saturated heterocycles. The largest absolute Gasteiger partial charge is 0.322 e. The van der Waals surface area contributed by atoms with Gasteiger partial charge in [-0.25, -0.2) is 0 Å². The second-order valence-electron chi connectivity index (χ2n) is 3.43. The van der Waals surface area contributed by atoms with E-state index in [1.165, 1.54) is 30.8 Å². The molecule has 96 valence electrons. The highest BCUT2D eigenvalue weighted by Crippen LogP contribution is 2.10. The molecule has 0 bridgehead atoms. The number of aromatic amines is 1. The average Bonchev–Trinajstić information content (AvgIpc) is 2.30. The van der Waals surface area contributed by atoms with Crippen LogP contribution in [0.5, 0.6) is 0 Å². The van der Waals surface area contributed by atoms with Crippen LogP contribution in [-0.4, -0.2) is 20.8 Å². The number of thioether (sulfide) groups is 1. The molecule has 0 fully saturated rings. The lowest BCUT2D eigenvalue weighted by atomic mass is 10.2. The molecule has 0 spiro atoms. The predicted molar refractivity (Wildman–Crippen MR) is 70.5 cm³/mol. The SMILES string of the molecule is CC(=O)SCCC=Cc1cc([N+](=O)[O-])c[nH]c1=O. The van der Waals surface area contributed by atoms with E-state index in [1.807, 2.05) is 0 Å². The number of carbonyl (C=O) groups excluding carboxylic acids is 1. The molecule has 0 amide bonds. The molecule has 0 aliphatic heterocycles. The molecule has 0 atom stereocenters. The van der Waals surface area contributed by atoms with Gasteiger partial charge in [0.05, 0.1) is 11.1 Å². The first-order valence-electron chi connectivity index (χ1n) is 5.17. The number of nitrogens with one attached hydrogen (secondary N) is 1. The van der Waals surface area contributed by atoms with Gasteiger partial charge in [0.25, 0.3) is 11.2 Å². The van der Waals surface area contributed by atoms with Crippen molar-refractivity contribution in [3.8, 4) is 0 Å². The predicted octanol–water partition coefficient (Wildman–Crippen LogP) is 1.97. The molecule has 1 rings (SSSR count). The van der Waals surface area contributed by atoms with Crippen molar-refractivity contribution in [2.45, 2.75) is 13.3 Å². The molecule has 7 heteroatoms. The minimum absolute atomic E-state index is 0.0385. The summed E-state index contributed by atoms with van der Waals surface area (Å²) in [5.41, 5.74) is -0.305. The summed E-state index contributed by atoms with van der Waals surface area (Å²) in [7, 11) is 0. The van der Waals surface area contributed by atoms with Gasteiger partial charge in [-0.2, -0.15) is 0 Å². The van der Waals surface area contributed by atoms with E-state index < -0.39 is 4.92 Å². The first-order valence-corrected chi connectivity index (χ1v) is 6.16. The Balaban J connectivity index is 2.68. The van der Waals surface area contributed by atoms with Crippen LogP contribution in [0.4, 0.5) is 5.69 Å². The number of nitrogens with zero attached hydrogens (tertiary/aromatic N) is 1. The third-order valence-corrected chi connectivity index (χ3v) is 2.86. The Bertz CT molecular complexity index is 536. The maximum absolute atomic E-state index is 11.4. The highest BCUT2D eigenvalue weighted by molar-refractivity contribution is 8.13. The van der Waals surface area contributed by atoms with Crippen LogP contribution in [-0.2, 0) is 4.79 Å². The van der Waals surface area contributed by atoms with Crippen LogP contribution in [0.15, 0.2) is 23.1 Å². The molecular weight excluding hydrogens is 256 g/mol. The normalized spacial score (nSPS) is 10.7. The molecule has 0 aliphatic rings. The summed E-state index contributed by atoms with van der Waals surface area (Å²) in [4.78, 5) is 34.3. The molecule has 18 heavy (non-hydrogen) atoms. The molecule has 0 saturated carbocycles. The zero-order valence-electron chi connectivity index (χ0n) is 9.71. The number of rotatable bonds is 5. The third-order valence-electron chi connectivity index (χ3n) is 2.01. The summed E-state index contributed by atoms with van der Waals surface area (Å²) in [6.07, 6.45) is 4.91. The summed E-state index contributed by atoms with van der Waals surface area (Å²) < 4.78 is 0. The smallest absolute Gasteiger partial charge is 0.286 e. The monoisotopic (exact) mass is 268 g/mol. The Kier molecular flexibility index (Phi) is 5.31. The molecule has 6 nitrogen and oxygen atoms in total. The topological polar surface area (TPSA) is 93.1 Å². The van der Waals surface area contributed by atoms with Crippen molar-refractivity contribution in [1.82, 2.24) is 4.98 Å². The van der Waals surface area contributed by atoms with E-state index in [1.54, 1.807) is 6.08 Å². The number of carbonyl (C=O) groups is 1. The Labute approximate surface area is 107 Å². The summed E-state index contributed by atoms with van der Waals surface area (Å²) in [6.45, 7) is 1.49. The van der Waals surface area contributed by atoms with E-state index in [4.69, 9.17) is 0 Å². The fourth-order valence-corrected chi connectivity index (χ4v) is 1.74. The van der Waals surface area contributed by atoms with Gasteiger partial charge in [0.1, 0.15) is 0 Å². The second kappa shape index (κ2) is 6.75. The van der Waals surface area contributed by atoms with Crippen LogP contribution >= 0.6 is 11.8 Å². The second-order valence-corrected chi connectivity index (χ2v) is 4.70. The van der Waals surface area contributed by atoms with Crippen molar-refractivity contribution in [3.05, 3.63) is 44.4 Å². The van der Waals surface area contributed by atoms with Crippen molar-refractivity contribution in [2.75, 3.05) is 5.75 Å². The summed E-state index contributed by atoms with van der Waals surface area (Å²) in [5.74, 6) is 0.624. The van der Waals surface area contributed by atoms with E-state index in [0.717, 1.165) is 6.20 Å². The van der Waals surface area contributed by atoms with Crippen LogP contribution < -0.4 is 5.56 Å². The number of nitro groups is 1. The van der Waals surface area contributed by atoms with Crippen LogP contribution in [0, 0.1) is 10.1 Å². The van der Waals surface area contributed by atoms with Crippen LogP contribution in [0.1, 0.15) is 18.9 Å². The average molecular weight is 268 g/mol. The quantitative estimate of drug-likeness (QED) is 0.500. The molecule has 1 heterocycles. The van der Waals surface area contributed by atoms with Gasteiger partial charge in [-0.1, -0.05) is 23.9 Å². The zero-order valence-corrected chi connectivity index (χ0v) is 10.5. The summed E-state index contributed by atoms with van der Waals surface area (Å²) in [5, 5.41) is 10.6. The lowest BCUT2D eigenvalue weighted by Crippen LogP contribution is -2.09. The maximum atomic E-state index is 11.4. The highest BCUT2D eigenvalue weighted by atomic mass is 32.2. The summed E-state index contributed by atoms with van der Waals surface area (Å²) in [6, 6.07) is 1.22. The number of allylic oxidation sites excluding steroid dienone is 1. The van der Waals surface area contributed by atoms with Crippen LogP contribution in [0.25, 0.3) is 6.08 Å². The standard InChI is InChI=1S/C11H12N2O4S/c1-8(14)18-5-3-2-4-9-6-10(13(16)17)7-12-11(9)15/h2,4,6-7H,3,5H2,1H3,(H,12,15). The number of H-pyrrole nitrogens is 1. The number of aromatic nitrogens is 1. The molecule has 0 aliphatic carbocycles. The van der Waals surface area contributed by atoms with Crippen molar-refractivity contribution in [3.63, 3.8) is 0 Å². The van der Waals surface area contributed by atoms with E-state index in [2.05, 4.69) is 4.98 Å². The number of hydrogen-bond donors (Lipinski definition) is 1. The van der Waals surface area contributed by atoms with E-state index in [0.29, 0.717) is 12.2 Å². The highest BCUT2D eigenvalue weighted by Gasteiger charge is 2.07. The zero-order chi connectivity index (χ0) is 13.5. The van der Waals surface area contributed by atoms with Crippen LogP contribution in [0.2, 0.25) is 0 Å². The lowest BCUT2D eigenvalue weighted by molar-refractivity contribution is -0.385. The minimum Gasteiger partial charge on any atom is -0.322 e. The van der Waals surface area contributed by atoms with Crippen molar-refractivity contribution in [1.29, 1.82) is 0 Å². The Hall–Kier alpha value is -1.89. The minimum atomic E-state index is -0.571. The van der Waals surface area contributed by atoms with E-state index in [9.17, 15) is 19.7 Å². The molecule has 0 unspecified atom stereocenters. The van der Waals surface area contributed by atoms with Gasteiger partial charge in [-0.05, 0) is 6.42 Å². The van der Waals surface area contributed by atoms with Crippen LogP contribution in [0.3, 0.4) is 0 Å².